The molecule has 0 aromatic heterocycles. The van der Waals surface area contributed by atoms with E-state index in [0.717, 1.165) is 26.3 Å². The molecule has 3 nitrogen and oxygen atoms in total. The Labute approximate surface area is 77.6 Å². The Morgan fingerprint density at radius 2 is 2.08 bits per heavy atom. The Bertz CT molecular complexity index is 117. The molecule has 0 spiro atoms. The van der Waals surface area contributed by atoms with E-state index < -0.39 is 0 Å². The zero-order chi connectivity index (χ0) is 8.23. The van der Waals surface area contributed by atoms with Crippen LogP contribution < -0.4 is 10.6 Å². The lowest BCUT2D eigenvalue weighted by molar-refractivity contribution is 0.0665. The molecule has 4 heteroatoms. The van der Waals surface area contributed by atoms with Gasteiger partial charge in [-0.25, -0.2) is 0 Å². The smallest absolute Gasteiger partial charge is 0.0635 e. The molecule has 0 amide bonds. The van der Waals surface area contributed by atoms with Crippen LogP contribution >= 0.6 is 11.8 Å². The van der Waals surface area contributed by atoms with Gasteiger partial charge in [0.05, 0.1) is 13.2 Å². The minimum absolute atomic E-state index is 0.534. The first kappa shape index (κ1) is 8.81. The predicted octanol–water partition coefficient (Wildman–Crippen LogP) is -0.320. The molecule has 0 saturated carbocycles. The summed E-state index contributed by atoms with van der Waals surface area (Å²) in [5.41, 5.74) is 0. The largest absolute Gasteiger partial charge is 0.378 e. The first-order chi connectivity index (χ1) is 5.97. The van der Waals surface area contributed by atoms with Crippen LogP contribution in [0.15, 0.2) is 0 Å². The summed E-state index contributed by atoms with van der Waals surface area (Å²) in [5.74, 6) is 2.48. The van der Waals surface area contributed by atoms with Crippen molar-refractivity contribution < 1.29 is 4.74 Å². The Hall–Kier alpha value is 0.230. The van der Waals surface area contributed by atoms with Gasteiger partial charge in [-0.15, -0.1) is 0 Å². The molecule has 0 aliphatic carbocycles. The molecule has 2 aliphatic heterocycles. The lowest BCUT2D eigenvalue weighted by Gasteiger charge is -2.34. The zero-order valence-corrected chi connectivity index (χ0v) is 8.03. The van der Waals surface area contributed by atoms with E-state index in [1.54, 1.807) is 0 Å². The average Bonchev–Trinajstić information content (AvgIpc) is 2.21. The predicted molar refractivity (Wildman–Crippen MR) is 51.7 cm³/mol. The van der Waals surface area contributed by atoms with E-state index in [1.807, 2.05) is 11.8 Å². The van der Waals surface area contributed by atoms with E-state index >= 15 is 0 Å². The van der Waals surface area contributed by atoms with Crippen molar-refractivity contribution in [2.75, 3.05) is 37.8 Å². The highest BCUT2D eigenvalue weighted by atomic mass is 32.2. The van der Waals surface area contributed by atoms with Gasteiger partial charge in [0.15, 0.2) is 0 Å². The molecule has 12 heavy (non-hydrogen) atoms. The van der Waals surface area contributed by atoms with Crippen LogP contribution in [-0.2, 0) is 4.74 Å². The Kier molecular flexibility index (Phi) is 3.28. The molecule has 2 heterocycles. The third kappa shape index (κ3) is 2.13. The minimum Gasteiger partial charge on any atom is -0.378 e. The highest BCUT2D eigenvalue weighted by Crippen LogP contribution is 2.11. The van der Waals surface area contributed by atoms with Crippen LogP contribution in [0.3, 0.4) is 0 Å². The number of morpholine rings is 1. The number of rotatable bonds is 1. The third-order valence-electron chi connectivity index (χ3n) is 2.39. The number of ether oxygens (including phenoxy) is 1. The maximum absolute atomic E-state index is 5.42. The number of hydrogen-bond acceptors (Lipinski definition) is 4. The minimum atomic E-state index is 0.534. The van der Waals surface area contributed by atoms with Crippen molar-refractivity contribution in [3.8, 4) is 0 Å². The van der Waals surface area contributed by atoms with Gasteiger partial charge in [-0.1, -0.05) is 0 Å². The maximum Gasteiger partial charge on any atom is 0.0635 e. The number of nitrogens with one attached hydrogen (secondary N) is 2. The van der Waals surface area contributed by atoms with Crippen molar-refractivity contribution in [3.63, 3.8) is 0 Å². The fraction of sp³-hybridized carbons (Fsp3) is 1.00. The van der Waals surface area contributed by atoms with E-state index in [0.29, 0.717) is 12.1 Å². The fourth-order valence-corrected chi connectivity index (χ4v) is 2.72. The fourth-order valence-electron chi connectivity index (χ4n) is 1.69. The lowest BCUT2D eigenvalue weighted by atomic mass is 10.1. The standard InChI is InChI=1S/C8H16N2OS/c1-3-11-5-7(9-1)8-6-12-4-2-10-8/h7-10H,1-6H2. The average molecular weight is 188 g/mol. The van der Waals surface area contributed by atoms with Crippen molar-refractivity contribution in [2.45, 2.75) is 12.1 Å². The van der Waals surface area contributed by atoms with E-state index in [1.165, 1.54) is 11.5 Å². The molecule has 0 aromatic carbocycles. The first-order valence-electron chi connectivity index (χ1n) is 4.59. The van der Waals surface area contributed by atoms with Crippen molar-refractivity contribution >= 4 is 11.8 Å². The van der Waals surface area contributed by atoms with E-state index in [9.17, 15) is 0 Å². The van der Waals surface area contributed by atoms with Gasteiger partial charge in [-0.2, -0.15) is 11.8 Å². The highest BCUT2D eigenvalue weighted by molar-refractivity contribution is 7.99. The Morgan fingerprint density at radius 3 is 2.75 bits per heavy atom. The van der Waals surface area contributed by atoms with Gasteiger partial charge in [0, 0.05) is 36.7 Å². The summed E-state index contributed by atoms with van der Waals surface area (Å²) >= 11 is 2.04. The second-order valence-electron chi connectivity index (χ2n) is 3.27. The summed E-state index contributed by atoms with van der Waals surface area (Å²) in [6.07, 6.45) is 0. The van der Waals surface area contributed by atoms with Crippen molar-refractivity contribution in [2.24, 2.45) is 0 Å². The van der Waals surface area contributed by atoms with Gasteiger partial charge in [0.1, 0.15) is 0 Å². The first-order valence-corrected chi connectivity index (χ1v) is 5.74. The summed E-state index contributed by atoms with van der Waals surface area (Å²) < 4.78 is 5.42. The monoisotopic (exact) mass is 188 g/mol. The molecule has 0 bridgehead atoms. The van der Waals surface area contributed by atoms with E-state index in [-0.39, 0.29) is 0 Å². The summed E-state index contributed by atoms with van der Waals surface area (Å²) in [6, 6.07) is 1.15. The highest BCUT2D eigenvalue weighted by Gasteiger charge is 2.24. The zero-order valence-electron chi connectivity index (χ0n) is 7.21. The van der Waals surface area contributed by atoms with Gasteiger partial charge in [0.25, 0.3) is 0 Å². The van der Waals surface area contributed by atoms with Crippen LogP contribution in [0.5, 0.6) is 0 Å². The van der Waals surface area contributed by atoms with Crippen LogP contribution in [0.2, 0.25) is 0 Å². The summed E-state index contributed by atoms with van der Waals surface area (Å²) in [4.78, 5) is 0. The van der Waals surface area contributed by atoms with Crippen LogP contribution in [0.4, 0.5) is 0 Å². The number of hydrogen-bond donors (Lipinski definition) is 2. The van der Waals surface area contributed by atoms with Gasteiger partial charge >= 0.3 is 0 Å². The molecular formula is C8H16N2OS. The Morgan fingerprint density at radius 1 is 1.17 bits per heavy atom. The summed E-state index contributed by atoms with van der Waals surface area (Å²) in [7, 11) is 0. The van der Waals surface area contributed by atoms with Crippen molar-refractivity contribution in [1.82, 2.24) is 10.6 Å². The molecule has 2 unspecified atom stereocenters. The molecule has 2 rings (SSSR count). The SMILES string of the molecule is C1COCC(C2CSCCN2)N1. The molecule has 0 radical (unpaired) electrons. The molecular weight excluding hydrogens is 172 g/mol. The van der Waals surface area contributed by atoms with E-state index in [4.69, 9.17) is 4.74 Å². The second kappa shape index (κ2) is 4.46. The Balaban J connectivity index is 1.80. The van der Waals surface area contributed by atoms with E-state index in [2.05, 4.69) is 10.6 Å². The summed E-state index contributed by atoms with van der Waals surface area (Å²) in [6.45, 7) is 3.90. The maximum atomic E-state index is 5.42. The number of thioether (sulfide) groups is 1. The van der Waals surface area contributed by atoms with Crippen LogP contribution in [0.1, 0.15) is 0 Å². The van der Waals surface area contributed by atoms with Gasteiger partial charge < -0.3 is 15.4 Å². The quantitative estimate of drug-likeness (QED) is 0.591. The van der Waals surface area contributed by atoms with Gasteiger partial charge in [-0.05, 0) is 0 Å². The molecule has 2 aliphatic rings. The molecule has 2 N–H and O–H groups in total. The molecule has 0 aromatic rings. The molecule has 2 atom stereocenters. The van der Waals surface area contributed by atoms with Crippen molar-refractivity contribution in [3.05, 3.63) is 0 Å². The van der Waals surface area contributed by atoms with Gasteiger partial charge in [-0.3, -0.25) is 0 Å². The van der Waals surface area contributed by atoms with Crippen LogP contribution in [0, 0.1) is 0 Å². The lowest BCUT2D eigenvalue weighted by Crippen LogP contribution is -2.56. The topological polar surface area (TPSA) is 33.3 Å². The molecule has 2 fully saturated rings. The van der Waals surface area contributed by atoms with Crippen LogP contribution in [0.25, 0.3) is 0 Å². The second-order valence-corrected chi connectivity index (χ2v) is 4.42. The van der Waals surface area contributed by atoms with Crippen molar-refractivity contribution in [1.29, 1.82) is 0 Å². The molecule has 70 valence electrons. The normalized spacial score (nSPS) is 38.0. The summed E-state index contributed by atoms with van der Waals surface area (Å²) in [5, 5.41) is 7.01. The van der Waals surface area contributed by atoms with Gasteiger partial charge in [0.2, 0.25) is 0 Å². The van der Waals surface area contributed by atoms with Crippen LogP contribution in [-0.4, -0.2) is 49.9 Å². The molecule has 2 saturated heterocycles. The third-order valence-corrected chi connectivity index (χ3v) is 3.47.